The van der Waals surface area contributed by atoms with E-state index in [4.69, 9.17) is 5.73 Å². The minimum atomic E-state index is 0.706. The lowest BCUT2D eigenvalue weighted by molar-refractivity contribution is -0.244. The Morgan fingerprint density at radius 2 is 2.12 bits per heavy atom. The highest BCUT2D eigenvalue weighted by molar-refractivity contribution is 7.96. The predicted molar refractivity (Wildman–Crippen MR) is 38.2 cm³/mol. The molecule has 0 spiro atoms. The maximum absolute atomic E-state index is 5.28. The summed E-state index contributed by atoms with van der Waals surface area (Å²) in [4.78, 5) is 1.01. The van der Waals surface area contributed by atoms with Gasteiger partial charge in [-0.1, -0.05) is 6.58 Å². The highest BCUT2D eigenvalue weighted by Gasteiger charge is 1.86. The van der Waals surface area contributed by atoms with E-state index in [2.05, 4.69) is 11.0 Å². The third-order valence-corrected chi connectivity index (χ3v) is 1.16. The largest absolute Gasteiger partial charge is 0.291 e. The van der Waals surface area contributed by atoms with Gasteiger partial charge in [-0.15, -0.1) is 0 Å². The van der Waals surface area contributed by atoms with Gasteiger partial charge >= 0.3 is 0 Å². The van der Waals surface area contributed by atoms with Crippen molar-refractivity contribution in [3.05, 3.63) is 11.5 Å². The third-order valence-electron chi connectivity index (χ3n) is 0.386. The summed E-state index contributed by atoms with van der Waals surface area (Å²) >= 11 is 1.43. The summed E-state index contributed by atoms with van der Waals surface area (Å²) in [6.45, 7) is 7.38. The van der Waals surface area contributed by atoms with Crippen LogP contribution in [0.15, 0.2) is 11.5 Å². The van der Waals surface area contributed by atoms with Gasteiger partial charge in [0.1, 0.15) is 0 Å². The number of hydrogen-bond acceptors (Lipinski definition) is 1. The van der Waals surface area contributed by atoms with Crippen molar-refractivity contribution in [2.45, 2.75) is 13.8 Å². The SMILES string of the molecule is C=C(C)S[NH+]=C(C)N. The fraction of sp³-hybridized carbons (Fsp3) is 0.400. The second-order valence-electron chi connectivity index (χ2n) is 1.59. The molecule has 3 heteroatoms. The van der Waals surface area contributed by atoms with E-state index in [9.17, 15) is 0 Å². The molecule has 0 unspecified atom stereocenters. The van der Waals surface area contributed by atoms with Crippen LogP contribution in [0, 0.1) is 0 Å². The zero-order valence-electron chi connectivity index (χ0n) is 5.19. The minimum Gasteiger partial charge on any atom is -0.291 e. The quantitative estimate of drug-likeness (QED) is 0.305. The van der Waals surface area contributed by atoms with Gasteiger partial charge in [0, 0.05) is 11.8 Å². The molecule has 3 N–H and O–H groups in total. The van der Waals surface area contributed by atoms with E-state index in [-0.39, 0.29) is 0 Å². The van der Waals surface area contributed by atoms with Gasteiger partial charge in [-0.2, -0.15) is 0 Å². The van der Waals surface area contributed by atoms with Crippen molar-refractivity contribution in [1.82, 2.24) is 0 Å². The van der Waals surface area contributed by atoms with Crippen molar-refractivity contribution in [2.24, 2.45) is 5.73 Å². The Bertz CT molecular complexity index is 114. The Morgan fingerprint density at radius 3 is 2.25 bits per heavy atom. The zero-order valence-corrected chi connectivity index (χ0v) is 6.01. The molecule has 0 saturated carbocycles. The lowest BCUT2D eigenvalue weighted by Crippen LogP contribution is -2.65. The van der Waals surface area contributed by atoms with Crippen LogP contribution in [0.2, 0.25) is 0 Å². The van der Waals surface area contributed by atoms with E-state index < -0.39 is 0 Å². The highest BCUT2D eigenvalue weighted by Crippen LogP contribution is 1.96. The first-order chi connectivity index (χ1) is 3.63. The van der Waals surface area contributed by atoms with E-state index >= 15 is 0 Å². The van der Waals surface area contributed by atoms with E-state index in [1.165, 1.54) is 11.9 Å². The predicted octanol–water partition coefficient (Wildman–Crippen LogP) is -0.374. The molecule has 0 heterocycles. The maximum Gasteiger partial charge on any atom is 0.249 e. The molecule has 0 atom stereocenters. The fourth-order valence-electron chi connectivity index (χ4n) is 0.168. The number of nitrogens with one attached hydrogen (secondary N) is 1. The first kappa shape index (κ1) is 7.56. The molecule has 0 bridgehead atoms. The van der Waals surface area contributed by atoms with Crippen LogP contribution in [0.5, 0.6) is 0 Å². The first-order valence-electron chi connectivity index (χ1n) is 2.30. The number of hydrogen-bond donors (Lipinski definition) is 2. The van der Waals surface area contributed by atoms with Gasteiger partial charge in [-0.25, -0.2) is 4.40 Å². The van der Waals surface area contributed by atoms with E-state index in [1.54, 1.807) is 6.92 Å². The Balaban J connectivity index is 3.45. The molecule has 46 valence electrons. The standard InChI is InChI=1S/C5H10N2S/c1-4(2)8-7-5(3)6/h1H2,2-3H3,(H2,6,7)/p+1. The minimum absolute atomic E-state index is 0.706. The van der Waals surface area contributed by atoms with Crippen LogP contribution in [0.25, 0.3) is 0 Å². The highest BCUT2D eigenvalue weighted by atomic mass is 32.2. The van der Waals surface area contributed by atoms with Gasteiger partial charge in [0.2, 0.25) is 5.84 Å². The Morgan fingerprint density at radius 1 is 1.62 bits per heavy atom. The van der Waals surface area contributed by atoms with Crippen LogP contribution in [-0.2, 0) is 0 Å². The average molecular weight is 131 g/mol. The van der Waals surface area contributed by atoms with Crippen LogP contribution in [0.1, 0.15) is 13.8 Å². The second kappa shape index (κ2) is 3.55. The molecule has 8 heavy (non-hydrogen) atoms. The van der Waals surface area contributed by atoms with Gasteiger partial charge in [0.05, 0.1) is 11.9 Å². The lowest BCUT2D eigenvalue weighted by Gasteiger charge is -1.83. The van der Waals surface area contributed by atoms with Crippen molar-refractivity contribution in [2.75, 3.05) is 0 Å². The molecular formula is C5H11N2S+. The topological polar surface area (TPSA) is 40.0 Å². The molecule has 0 amide bonds. The summed E-state index contributed by atoms with van der Waals surface area (Å²) in [5, 5.41) is 0. The number of allylic oxidation sites excluding steroid dienone is 1. The van der Waals surface area contributed by atoms with Crippen LogP contribution < -0.4 is 10.1 Å². The van der Waals surface area contributed by atoms with E-state index in [0.717, 1.165) is 4.91 Å². The maximum atomic E-state index is 5.28. The van der Waals surface area contributed by atoms with Crippen molar-refractivity contribution in [3.8, 4) is 0 Å². The van der Waals surface area contributed by atoms with Crippen molar-refractivity contribution in [1.29, 1.82) is 0 Å². The number of amidine groups is 1. The Hall–Kier alpha value is -0.440. The first-order valence-corrected chi connectivity index (χ1v) is 3.12. The van der Waals surface area contributed by atoms with Crippen molar-refractivity contribution < 1.29 is 4.40 Å². The molecule has 0 aromatic rings. The molecule has 0 aliphatic rings. The molecule has 0 aromatic heterocycles. The number of nitrogens with two attached hydrogens (primary N) is 1. The summed E-state index contributed by atoms with van der Waals surface area (Å²) in [6.07, 6.45) is 0. The summed E-state index contributed by atoms with van der Waals surface area (Å²) in [7, 11) is 0. The molecule has 0 saturated heterocycles. The third kappa shape index (κ3) is 5.56. The molecule has 0 fully saturated rings. The molecule has 0 radical (unpaired) electrons. The number of rotatable bonds is 2. The Labute approximate surface area is 54.0 Å². The van der Waals surface area contributed by atoms with Crippen molar-refractivity contribution >= 4 is 17.8 Å². The summed E-state index contributed by atoms with van der Waals surface area (Å²) in [6, 6.07) is 0. The van der Waals surface area contributed by atoms with Gasteiger partial charge in [-0.05, 0) is 6.92 Å². The van der Waals surface area contributed by atoms with Crippen LogP contribution in [-0.4, -0.2) is 5.84 Å². The monoisotopic (exact) mass is 131 g/mol. The molecule has 2 nitrogen and oxygen atoms in total. The molecule has 0 aromatic carbocycles. The molecule has 0 aliphatic carbocycles. The van der Waals surface area contributed by atoms with Crippen LogP contribution in [0.3, 0.4) is 0 Å². The van der Waals surface area contributed by atoms with Gasteiger partial charge < -0.3 is 0 Å². The molecule has 0 rings (SSSR count). The second-order valence-corrected chi connectivity index (χ2v) is 2.69. The van der Waals surface area contributed by atoms with Crippen LogP contribution in [0.4, 0.5) is 0 Å². The van der Waals surface area contributed by atoms with E-state index in [1.807, 2.05) is 6.92 Å². The van der Waals surface area contributed by atoms with E-state index in [0.29, 0.717) is 5.84 Å². The average Bonchev–Trinajstić information content (AvgIpc) is 1.61. The van der Waals surface area contributed by atoms with Gasteiger partial charge in [-0.3, -0.25) is 5.73 Å². The van der Waals surface area contributed by atoms with Crippen LogP contribution >= 0.6 is 11.9 Å². The lowest BCUT2D eigenvalue weighted by atomic mass is 10.8. The summed E-state index contributed by atoms with van der Waals surface area (Å²) in [5.74, 6) is 0.706. The summed E-state index contributed by atoms with van der Waals surface area (Å²) < 4.78 is 2.86. The normalized spacial score (nSPS) is 11.5. The summed E-state index contributed by atoms with van der Waals surface area (Å²) in [5.41, 5.74) is 5.28. The molecule has 0 aliphatic heterocycles. The zero-order chi connectivity index (χ0) is 6.57. The fourth-order valence-corrected chi connectivity index (χ4v) is 0.503. The Kier molecular flexibility index (Phi) is 3.35. The van der Waals surface area contributed by atoms with Gasteiger partial charge in [0.15, 0.2) is 0 Å². The van der Waals surface area contributed by atoms with Gasteiger partial charge in [0.25, 0.3) is 0 Å². The smallest absolute Gasteiger partial charge is 0.249 e. The molecular weight excluding hydrogens is 120 g/mol. The van der Waals surface area contributed by atoms with Crippen molar-refractivity contribution in [3.63, 3.8) is 0 Å².